The highest BCUT2D eigenvalue weighted by molar-refractivity contribution is 8.13. The molecule has 0 aromatic heterocycles. The van der Waals surface area contributed by atoms with Crippen LogP contribution in [0.25, 0.3) is 0 Å². The first kappa shape index (κ1) is 16.4. The number of amidine groups is 1. The average molecular weight is 291 g/mol. The molecule has 20 heavy (non-hydrogen) atoms. The van der Waals surface area contributed by atoms with Crippen LogP contribution >= 0.6 is 11.8 Å². The lowest BCUT2D eigenvalue weighted by Gasteiger charge is -2.06. The molecule has 0 spiro atoms. The summed E-state index contributed by atoms with van der Waals surface area (Å²) in [6.07, 6.45) is 8.55. The molecular weight excluding hydrogens is 270 g/mol. The van der Waals surface area contributed by atoms with Crippen LogP contribution in [0.1, 0.15) is 32.6 Å². The highest BCUT2D eigenvalue weighted by atomic mass is 32.2. The molecule has 0 saturated carbocycles. The lowest BCUT2D eigenvalue weighted by molar-refractivity contribution is 0.305. The van der Waals surface area contributed by atoms with Crippen LogP contribution in [0.4, 0.5) is 5.69 Å². The smallest absolute Gasteiger partial charge is 0.183 e. The number of rotatable bonds is 7. The van der Waals surface area contributed by atoms with Gasteiger partial charge in [0, 0.05) is 0 Å². The molecule has 1 aromatic carbocycles. The van der Waals surface area contributed by atoms with E-state index in [4.69, 9.17) is 10.00 Å². The first-order chi connectivity index (χ1) is 9.80. The fourth-order valence-corrected chi connectivity index (χ4v) is 1.97. The van der Waals surface area contributed by atoms with Gasteiger partial charge >= 0.3 is 0 Å². The summed E-state index contributed by atoms with van der Waals surface area (Å²) in [4.78, 5) is 4.32. The van der Waals surface area contributed by atoms with Gasteiger partial charge in [0.2, 0.25) is 0 Å². The summed E-state index contributed by atoms with van der Waals surface area (Å²) < 4.78 is 5.66. The molecule has 0 unspecified atom stereocenters. The maximum Gasteiger partial charge on any atom is 0.183 e. The van der Waals surface area contributed by atoms with Gasteiger partial charge in [-0.2, -0.15) is 5.26 Å². The van der Waals surface area contributed by atoms with E-state index in [2.05, 4.69) is 17.2 Å². The van der Waals surface area contributed by atoms with Crippen LogP contribution in [0.15, 0.2) is 29.3 Å². The maximum absolute atomic E-state index is 8.57. The molecule has 0 fully saturated rings. The standard InChI is InChI=1S/C15H21N3OS/c1-3-4-5-6-11-19-14-9-7-13(8-10-14)18-15(20-2)17-12-16/h7-10H,3-6,11H2,1-2H3,(H,17,18). The van der Waals surface area contributed by atoms with Crippen molar-refractivity contribution < 1.29 is 4.74 Å². The number of thioether (sulfide) groups is 1. The van der Waals surface area contributed by atoms with Crippen molar-refractivity contribution in [1.29, 1.82) is 5.26 Å². The van der Waals surface area contributed by atoms with E-state index in [9.17, 15) is 0 Å². The predicted octanol–water partition coefficient (Wildman–Crippen LogP) is 4.07. The van der Waals surface area contributed by atoms with Crippen molar-refractivity contribution in [2.45, 2.75) is 32.6 Å². The molecule has 1 rings (SSSR count). The average Bonchev–Trinajstić information content (AvgIpc) is 2.48. The van der Waals surface area contributed by atoms with E-state index < -0.39 is 0 Å². The van der Waals surface area contributed by atoms with Crippen LogP contribution in [0.3, 0.4) is 0 Å². The summed E-state index contributed by atoms with van der Waals surface area (Å²) in [5.74, 6) is 0.861. The first-order valence-electron chi connectivity index (χ1n) is 6.80. The van der Waals surface area contributed by atoms with Crippen molar-refractivity contribution in [3.05, 3.63) is 24.3 Å². The lowest BCUT2D eigenvalue weighted by Crippen LogP contribution is -2.12. The van der Waals surface area contributed by atoms with Gasteiger partial charge in [0.15, 0.2) is 11.4 Å². The zero-order valence-corrected chi connectivity index (χ0v) is 12.9. The summed E-state index contributed by atoms with van der Waals surface area (Å²) in [7, 11) is 0. The molecule has 0 aliphatic carbocycles. The van der Waals surface area contributed by atoms with Crippen LogP contribution in [-0.4, -0.2) is 18.0 Å². The van der Waals surface area contributed by atoms with Crippen molar-refractivity contribution in [2.75, 3.05) is 12.9 Å². The molecule has 0 bridgehead atoms. The Labute approximate surface area is 125 Å². The Bertz CT molecular complexity index is 451. The number of nitriles is 1. The molecule has 0 radical (unpaired) electrons. The van der Waals surface area contributed by atoms with E-state index in [1.807, 2.05) is 36.7 Å². The highest BCUT2D eigenvalue weighted by Gasteiger charge is 1.98. The first-order valence-corrected chi connectivity index (χ1v) is 8.03. The van der Waals surface area contributed by atoms with Gasteiger partial charge in [0.1, 0.15) is 5.75 Å². The number of hydrogen-bond acceptors (Lipinski definition) is 4. The molecule has 0 amide bonds. The molecule has 0 aliphatic rings. The van der Waals surface area contributed by atoms with Crippen LogP contribution in [0.2, 0.25) is 0 Å². The molecule has 0 atom stereocenters. The summed E-state index contributed by atoms with van der Waals surface area (Å²) >= 11 is 1.40. The summed E-state index contributed by atoms with van der Waals surface area (Å²) in [6, 6.07) is 7.58. The lowest BCUT2D eigenvalue weighted by atomic mass is 10.2. The summed E-state index contributed by atoms with van der Waals surface area (Å²) in [5, 5.41) is 11.7. The van der Waals surface area contributed by atoms with E-state index in [0.717, 1.165) is 24.5 Å². The Morgan fingerprint density at radius 1 is 1.30 bits per heavy atom. The minimum absolute atomic E-state index is 0.584. The monoisotopic (exact) mass is 291 g/mol. The van der Waals surface area contributed by atoms with E-state index in [1.54, 1.807) is 0 Å². The van der Waals surface area contributed by atoms with Gasteiger partial charge in [-0.15, -0.1) is 0 Å². The molecule has 4 nitrogen and oxygen atoms in total. The fraction of sp³-hybridized carbons (Fsp3) is 0.467. The van der Waals surface area contributed by atoms with Crippen molar-refractivity contribution in [3.63, 3.8) is 0 Å². The van der Waals surface area contributed by atoms with E-state index >= 15 is 0 Å². The van der Waals surface area contributed by atoms with Crippen molar-refractivity contribution >= 4 is 22.6 Å². The second-order valence-electron chi connectivity index (χ2n) is 4.26. The SMILES string of the molecule is CCCCCCOc1ccc(N=C(NC#N)SC)cc1. The second-order valence-corrected chi connectivity index (χ2v) is 5.06. The largest absolute Gasteiger partial charge is 0.494 e. The molecule has 0 saturated heterocycles. The van der Waals surface area contributed by atoms with Crippen molar-refractivity contribution in [2.24, 2.45) is 4.99 Å². The molecule has 108 valence electrons. The third-order valence-electron chi connectivity index (χ3n) is 2.69. The fourth-order valence-electron chi connectivity index (χ4n) is 1.63. The Balaban J connectivity index is 2.46. The minimum atomic E-state index is 0.584. The van der Waals surface area contributed by atoms with E-state index in [-0.39, 0.29) is 0 Å². The number of benzene rings is 1. The molecule has 5 heteroatoms. The van der Waals surface area contributed by atoms with E-state index in [0.29, 0.717) is 5.17 Å². The molecular formula is C15H21N3OS. The highest BCUT2D eigenvalue weighted by Crippen LogP contribution is 2.19. The predicted molar refractivity (Wildman–Crippen MR) is 85.4 cm³/mol. The Morgan fingerprint density at radius 3 is 2.65 bits per heavy atom. The van der Waals surface area contributed by atoms with Gasteiger partial charge in [-0.1, -0.05) is 37.9 Å². The number of nitrogens with one attached hydrogen (secondary N) is 1. The zero-order chi connectivity index (χ0) is 14.6. The number of ether oxygens (including phenoxy) is 1. The van der Waals surface area contributed by atoms with Crippen LogP contribution in [-0.2, 0) is 0 Å². The zero-order valence-electron chi connectivity index (χ0n) is 12.1. The van der Waals surface area contributed by atoms with Crippen LogP contribution in [0.5, 0.6) is 5.75 Å². The Kier molecular flexibility index (Phi) is 8.32. The van der Waals surface area contributed by atoms with Gasteiger partial charge in [-0.25, -0.2) is 4.99 Å². The molecule has 1 aromatic rings. The van der Waals surface area contributed by atoms with Gasteiger partial charge in [-0.05, 0) is 36.9 Å². The Hall–Kier alpha value is -1.67. The van der Waals surface area contributed by atoms with Crippen LogP contribution in [0, 0.1) is 11.5 Å². The van der Waals surface area contributed by atoms with E-state index in [1.165, 1.54) is 31.0 Å². The van der Waals surface area contributed by atoms with Gasteiger partial charge in [-0.3, -0.25) is 5.32 Å². The second kappa shape index (κ2) is 10.2. The molecule has 0 aliphatic heterocycles. The normalized spacial score (nSPS) is 10.9. The van der Waals surface area contributed by atoms with Crippen LogP contribution < -0.4 is 10.1 Å². The van der Waals surface area contributed by atoms with Crippen molar-refractivity contribution in [1.82, 2.24) is 5.32 Å². The summed E-state index contributed by atoms with van der Waals surface area (Å²) in [5.41, 5.74) is 0.801. The number of aliphatic imine (C=N–C) groups is 1. The minimum Gasteiger partial charge on any atom is -0.494 e. The molecule has 1 N–H and O–H groups in total. The third kappa shape index (κ3) is 6.48. The van der Waals surface area contributed by atoms with Gasteiger partial charge in [0.05, 0.1) is 12.3 Å². The quantitative estimate of drug-likeness (QED) is 0.270. The summed E-state index contributed by atoms with van der Waals surface area (Å²) in [6.45, 7) is 2.96. The number of hydrogen-bond donors (Lipinski definition) is 1. The maximum atomic E-state index is 8.57. The topological polar surface area (TPSA) is 57.4 Å². The molecule has 0 heterocycles. The Morgan fingerprint density at radius 2 is 2.05 bits per heavy atom. The number of unbranched alkanes of at least 4 members (excludes halogenated alkanes) is 3. The van der Waals surface area contributed by atoms with Gasteiger partial charge < -0.3 is 4.74 Å². The van der Waals surface area contributed by atoms with Gasteiger partial charge in [0.25, 0.3) is 0 Å². The van der Waals surface area contributed by atoms with Crippen molar-refractivity contribution in [3.8, 4) is 11.9 Å². The number of nitrogens with zero attached hydrogens (tertiary/aromatic N) is 2. The third-order valence-corrected chi connectivity index (χ3v) is 3.27.